The van der Waals surface area contributed by atoms with Gasteiger partial charge in [-0.1, -0.05) is 41.4 Å². The number of aliphatic hydroxyl groups excluding tert-OH is 1. The van der Waals surface area contributed by atoms with Gasteiger partial charge in [-0.25, -0.2) is 0 Å². The normalized spacial score (nSPS) is 12.3. The number of fused-ring (bicyclic) bond motifs is 1. The van der Waals surface area contributed by atoms with Crippen molar-refractivity contribution in [1.82, 2.24) is 10.3 Å². The molecular formula is C17H14Cl2N2O2. The summed E-state index contributed by atoms with van der Waals surface area (Å²) >= 11 is 11.9. The summed E-state index contributed by atoms with van der Waals surface area (Å²) in [6.07, 6.45) is 0. The molecule has 0 radical (unpaired) electrons. The molecule has 3 aromatic rings. The van der Waals surface area contributed by atoms with Crippen molar-refractivity contribution in [2.24, 2.45) is 0 Å². The average Bonchev–Trinajstić information content (AvgIpc) is 2.95. The highest BCUT2D eigenvalue weighted by atomic mass is 35.5. The third kappa shape index (κ3) is 3.50. The second kappa shape index (κ2) is 6.62. The number of hydrogen-bond acceptors (Lipinski definition) is 2. The summed E-state index contributed by atoms with van der Waals surface area (Å²) in [5.74, 6) is -0.309. The van der Waals surface area contributed by atoms with E-state index >= 15 is 0 Å². The average molecular weight is 349 g/mol. The quantitative estimate of drug-likeness (QED) is 0.668. The summed E-state index contributed by atoms with van der Waals surface area (Å²) in [6, 6.07) is 13.6. The van der Waals surface area contributed by atoms with Gasteiger partial charge in [0.05, 0.1) is 12.6 Å². The van der Waals surface area contributed by atoms with Crippen molar-refractivity contribution in [2.75, 3.05) is 6.61 Å². The maximum atomic E-state index is 12.4. The second-order valence-corrected chi connectivity index (χ2v) is 6.05. The highest BCUT2D eigenvalue weighted by Crippen LogP contribution is 2.21. The van der Waals surface area contributed by atoms with Crippen LogP contribution in [-0.4, -0.2) is 22.6 Å². The van der Waals surface area contributed by atoms with Crippen molar-refractivity contribution in [3.05, 3.63) is 69.8 Å². The minimum absolute atomic E-state index is 0.224. The fraction of sp³-hybridized carbons (Fsp3) is 0.118. The molecule has 1 aromatic heterocycles. The predicted molar refractivity (Wildman–Crippen MR) is 92.1 cm³/mol. The van der Waals surface area contributed by atoms with E-state index in [-0.39, 0.29) is 12.5 Å². The van der Waals surface area contributed by atoms with Crippen molar-refractivity contribution in [1.29, 1.82) is 0 Å². The molecule has 0 fully saturated rings. The zero-order chi connectivity index (χ0) is 16.4. The lowest BCUT2D eigenvalue weighted by molar-refractivity contribution is 0.0912. The minimum Gasteiger partial charge on any atom is -0.394 e. The van der Waals surface area contributed by atoms with Gasteiger partial charge in [0.25, 0.3) is 5.91 Å². The molecule has 0 aliphatic heterocycles. The van der Waals surface area contributed by atoms with Crippen molar-refractivity contribution >= 4 is 40.0 Å². The van der Waals surface area contributed by atoms with E-state index in [2.05, 4.69) is 10.3 Å². The van der Waals surface area contributed by atoms with Gasteiger partial charge in [0.1, 0.15) is 5.69 Å². The summed E-state index contributed by atoms with van der Waals surface area (Å²) in [4.78, 5) is 15.4. The number of nitrogens with one attached hydrogen (secondary N) is 2. The summed E-state index contributed by atoms with van der Waals surface area (Å²) in [5.41, 5.74) is 1.93. The molecule has 0 aliphatic carbocycles. The standard InChI is InChI=1S/C17H14Cl2N2O2/c18-12-3-1-2-10(6-12)16(9-22)21-17(23)15-7-11-4-5-13(19)8-14(11)20-15/h1-8,16,20,22H,9H2,(H,21,23). The number of aliphatic hydroxyl groups is 1. The van der Waals surface area contributed by atoms with E-state index in [1.54, 1.807) is 42.5 Å². The highest BCUT2D eigenvalue weighted by molar-refractivity contribution is 6.31. The first-order valence-electron chi connectivity index (χ1n) is 7.02. The molecule has 0 aliphatic rings. The number of aromatic amines is 1. The fourth-order valence-corrected chi connectivity index (χ4v) is 2.79. The third-order valence-electron chi connectivity index (χ3n) is 3.57. The number of halogens is 2. The van der Waals surface area contributed by atoms with Crippen LogP contribution in [0.3, 0.4) is 0 Å². The van der Waals surface area contributed by atoms with E-state index in [0.717, 1.165) is 16.5 Å². The van der Waals surface area contributed by atoms with Crippen LogP contribution in [0.2, 0.25) is 10.0 Å². The van der Waals surface area contributed by atoms with Crippen LogP contribution in [0, 0.1) is 0 Å². The summed E-state index contributed by atoms with van der Waals surface area (Å²) in [6.45, 7) is -0.224. The van der Waals surface area contributed by atoms with Gasteiger partial charge in [0.2, 0.25) is 0 Å². The zero-order valence-electron chi connectivity index (χ0n) is 12.0. The molecule has 0 bridgehead atoms. The summed E-state index contributed by atoms with van der Waals surface area (Å²) in [5, 5.41) is 14.4. The van der Waals surface area contributed by atoms with Crippen LogP contribution in [0.1, 0.15) is 22.1 Å². The lowest BCUT2D eigenvalue weighted by atomic mass is 10.1. The van der Waals surface area contributed by atoms with Crippen LogP contribution < -0.4 is 5.32 Å². The molecule has 1 amide bonds. The summed E-state index contributed by atoms with van der Waals surface area (Å²) < 4.78 is 0. The predicted octanol–water partition coefficient (Wildman–Crippen LogP) is 3.94. The molecule has 1 unspecified atom stereocenters. The first kappa shape index (κ1) is 15.9. The third-order valence-corrected chi connectivity index (χ3v) is 4.04. The van der Waals surface area contributed by atoms with Gasteiger partial charge >= 0.3 is 0 Å². The number of amides is 1. The molecule has 0 saturated heterocycles. The number of hydrogen-bond donors (Lipinski definition) is 3. The van der Waals surface area contributed by atoms with Crippen LogP contribution in [0.4, 0.5) is 0 Å². The summed E-state index contributed by atoms with van der Waals surface area (Å²) in [7, 11) is 0. The van der Waals surface area contributed by atoms with Crippen LogP contribution in [-0.2, 0) is 0 Å². The Hall–Kier alpha value is -2.01. The molecule has 3 N–H and O–H groups in total. The molecule has 1 atom stereocenters. The van der Waals surface area contributed by atoms with Crippen molar-refractivity contribution in [2.45, 2.75) is 6.04 Å². The zero-order valence-corrected chi connectivity index (χ0v) is 13.5. The SMILES string of the molecule is O=C(NC(CO)c1cccc(Cl)c1)c1cc2ccc(Cl)cc2[nH]1. The largest absolute Gasteiger partial charge is 0.394 e. The Morgan fingerprint density at radius 3 is 2.65 bits per heavy atom. The molecule has 0 saturated carbocycles. The number of H-pyrrole nitrogens is 1. The maximum Gasteiger partial charge on any atom is 0.268 e. The van der Waals surface area contributed by atoms with Gasteiger partial charge < -0.3 is 15.4 Å². The molecule has 2 aromatic carbocycles. The van der Waals surface area contributed by atoms with Crippen LogP contribution in [0.15, 0.2) is 48.5 Å². The van der Waals surface area contributed by atoms with E-state index in [9.17, 15) is 9.90 Å². The number of rotatable bonds is 4. The van der Waals surface area contributed by atoms with Crippen molar-refractivity contribution in [3.8, 4) is 0 Å². The van der Waals surface area contributed by atoms with Gasteiger partial charge in [0.15, 0.2) is 0 Å². The Kier molecular flexibility index (Phi) is 4.57. The molecule has 3 rings (SSSR count). The molecule has 23 heavy (non-hydrogen) atoms. The molecule has 0 spiro atoms. The first-order chi connectivity index (χ1) is 11.1. The lowest BCUT2D eigenvalue weighted by Gasteiger charge is -2.16. The van der Waals surface area contributed by atoms with Gasteiger partial charge in [-0.3, -0.25) is 4.79 Å². The Morgan fingerprint density at radius 1 is 1.13 bits per heavy atom. The van der Waals surface area contributed by atoms with E-state index in [0.29, 0.717) is 15.7 Å². The Morgan fingerprint density at radius 2 is 1.91 bits per heavy atom. The lowest BCUT2D eigenvalue weighted by Crippen LogP contribution is -2.31. The second-order valence-electron chi connectivity index (χ2n) is 5.18. The number of carbonyl (C=O) groups is 1. The number of aromatic nitrogens is 1. The van der Waals surface area contributed by atoms with Crippen molar-refractivity contribution < 1.29 is 9.90 Å². The van der Waals surface area contributed by atoms with Gasteiger partial charge in [-0.05, 0) is 35.9 Å². The van der Waals surface area contributed by atoms with E-state index < -0.39 is 6.04 Å². The van der Waals surface area contributed by atoms with Gasteiger partial charge in [-0.2, -0.15) is 0 Å². The van der Waals surface area contributed by atoms with Crippen molar-refractivity contribution in [3.63, 3.8) is 0 Å². The Bertz CT molecular complexity index is 861. The fourth-order valence-electron chi connectivity index (χ4n) is 2.42. The van der Waals surface area contributed by atoms with Gasteiger partial charge in [-0.15, -0.1) is 0 Å². The topological polar surface area (TPSA) is 65.1 Å². The smallest absolute Gasteiger partial charge is 0.268 e. The molecule has 118 valence electrons. The van der Waals surface area contributed by atoms with Crippen LogP contribution >= 0.6 is 23.2 Å². The maximum absolute atomic E-state index is 12.4. The molecule has 4 nitrogen and oxygen atoms in total. The Balaban J connectivity index is 1.83. The van der Waals surface area contributed by atoms with Gasteiger partial charge in [0, 0.05) is 20.9 Å². The minimum atomic E-state index is -0.531. The molecule has 1 heterocycles. The first-order valence-corrected chi connectivity index (χ1v) is 7.78. The monoisotopic (exact) mass is 348 g/mol. The molecular weight excluding hydrogens is 335 g/mol. The van der Waals surface area contributed by atoms with Crippen LogP contribution in [0.25, 0.3) is 10.9 Å². The number of carbonyl (C=O) groups excluding carboxylic acids is 1. The van der Waals surface area contributed by atoms with E-state index in [1.807, 2.05) is 6.07 Å². The van der Waals surface area contributed by atoms with E-state index in [4.69, 9.17) is 23.2 Å². The Labute approximate surface area is 143 Å². The molecule has 6 heteroatoms. The van der Waals surface area contributed by atoms with E-state index in [1.165, 1.54) is 0 Å². The van der Waals surface area contributed by atoms with Crippen LogP contribution in [0.5, 0.6) is 0 Å². The highest BCUT2D eigenvalue weighted by Gasteiger charge is 2.17. The number of benzene rings is 2.